The third-order valence-electron chi connectivity index (χ3n) is 7.00. The van der Waals surface area contributed by atoms with E-state index in [4.69, 9.17) is 14.2 Å². The van der Waals surface area contributed by atoms with Gasteiger partial charge in [0.1, 0.15) is 17.2 Å². The van der Waals surface area contributed by atoms with Crippen molar-refractivity contribution in [1.29, 1.82) is 0 Å². The van der Waals surface area contributed by atoms with Crippen LogP contribution in [-0.4, -0.2) is 24.1 Å². The molecule has 0 amide bonds. The van der Waals surface area contributed by atoms with Crippen molar-refractivity contribution in [3.05, 3.63) is 59.2 Å². The zero-order valence-corrected chi connectivity index (χ0v) is 25.6. The fourth-order valence-corrected chi connectivity index (χ4v) is 4.51. The van der Waals surface area contributed by atoms with Crippen molar-refractivity contribution in [2.75, 3.05) is 0 Å². The molecule has 0 bridgehead atoms. The van der Waals surface area contributed by atoms with Crippen LogP contribution in [-0.2, 0) is 6.42 Å². The number of aryl methyl sites for hydroxylation is 1. The number of unbranched alkanes of at least 4 members (excludes halogenated alkanes) is 3. The van der Waals surface area contributed by atoms with Crippen LogP contribution in [0.15, 0.2) is 42.5 Å². The molecule has 4 heteroatoms. The highest BCUT2D eigenvalue weighted by Gasteiger charge is 2.16. The summed E-state index contributed by atoms with van der Waals surface area (Å²) in [7, 11) is 0. The lowest BCUT2D eigenvalue weighted by atomic mass is 10.0. The molecule has 39 heavy (non-hydrogen) atoms. The van der Waals surface area contributed by atoms with Gasteiger partial charge in [0.25, 0.3) is 0 Å². The minimum Gasteiger partial charge on any atom is -0.491 e. The number of ether oxygens (including phenoxy) is 3. The summed E-state index contributed by atoms with van der Waals surface area (Å²) < 4.78 is 18.7. The third kappa shape index (κ3) is 11.5. The Morgan fingerprint density at radius 1 is 0.718 bits per heavy atom. The first kappa shape index (κ1) is 32.5. The van der Waals surface area contributed by atoms with E-state index in [0.717, 1.165) is 75.5 Å². The molecule has 0 spiro atoms. The Kier molecular flexibility index (Phi) is 14.8. The lowest BCUT2D eigenvalue weighted by molar-refractivity contribution is 0.103. The standard InChI is InChI=1S/C35H52O4/c1-8-12-15-26(5)37-31-20-23-35(39-28(7)17-14-10-3)32(25-31)33(36)21-19-30-24-29(11-4)18-22-34(30)38-27(6)16-13-9-2/h18-28H,8-17H2,1-7H3. The van der Waals surface area contributed by atoms with Crippen molar-refractivity contribution >= 4 is 11.9 Å². The Bertz CT molecular complexity index is 1030. The average molecular weight is 537 g/mol. The fraction of sp³-hybridized carbons (Fsp3) is 0.571. The molecule has 0 radical (unpaired) electrons. The van der Waals surface area contributed by atoms with Crippen LogP contribution in [0.25, 0.3) is 6.08 Å². The molecule has 2 aromatic carbocycles. The molecule has 4 nitrogen and oxygen atoms in total. The van der Waals surface area contributed by atoms with Crippen molar-refractivity contribution in [3.8, 4) is 17.2 Å². The summed E-state index contributed by atoms with van der Waals surface area (Å²) in [6.45, 7) is 14.9. The molecule has 2 rings (SSSR count). The first-order valence-electron chi connectivity index (χ1n) is 15.3. The van der Waals surface area contributed by atoms with Crippen LogP contribution < -0.4 is 14.2 Å². The maximum Gasteiger partial charge on any atom is 0.189 e. The quantitative estimate of drug-likeness (QED) is 0.132. The number of rotatable bonds is 19. The molecular weight excluding hydrogens is 484 g/mol. The second kappa shape index (κ2) is 17.8. The molecule has 0 N–H and O–H groups in total. The van der Waals surface area contributed by atoms with Crippen LogP contribution in [0.2, 0.25) is 0 Å². The van der Waals surface area contributed by atoms with Crippen LogP contribution >= 0.6 is 0 Å². The van der Waals surface area contributed by atoms with Crippen molar-refractivity contribution in [3.63, 3.8) is 0 Å². The first-order chi connectivity index (χ1) is 18.8. The second-order valence-electron chi connectivity index (χ2n) is 10.8. The highest BCUT2D eigenvalue weighted by molar-refractivity contribution is 6.09. The van der Waals surface area contributed by atoms with Gasteiger partial charge in [0.2, 0.25) is 0 Å². The van der Waals surface area contributed by atoms with Crippen LogP contribution in [0.5, 0.6) is 17.2 Å². The van der Waals surface area contributed by atoms with Gasteiger partial charge in [-0.1, -0.05) is 72.3 Å². The summed E-state index contributed by atoms with van der Waals surface area (Å²) in [5.41, 5.74) is 2.66. The van der Waals surface area contributed by atoms with Gasteiger partial charge in [-0.2, -0.15) is 0 Å². The smallest absolute Gasteiger partial charge is 0.189 e. The van der Waals surface area contributed by atoms with E-state index < -0.39 is 0 Å². The number of ketones is 1. The predicted molar refractivity (Wildman–Crippen MR) is 164 cm³/mol. The van der Waals surface area contributed by atoms with Gasteiger partial charge in [0.15, 0.2) is 5.78 Å². The van der Waals surface area contributed by atoms with E-state index >= 15 is 0 Å². The average Bonchev–Trinajstić information content (AvgIpc) is 2.93. The predicted octanol–water partition coefficient (Wildman–Crippen LogP) is 10.0. The van der Waals surface area contributed by atoms with E-state index in [1.807, 2.05) is 30.3 Å². The Labute approximate surface area is 238 Å². The molecule has 3 atom stereocenters. The van der Waals surface area contributed by atoms with Crippen LogP contribution in [0, 0.1) is 0 Å². The molecule has 0 aliphatic carbocycles. The van der Waals surface area contributed by atoms with E-state index in [9.17, 15) is 4.79 Å². The van der Waals surface area contributed by atoms with Crippen molar-refractivity contribution in [2.45, 2.75) is 131 Å². The Morgan fingerprint density at radius 2 is 1.26 bits per heavy atom. The summed E-state index contributed by atoms with van der Waals surface area (Å²) in [4.78, 5) is 13.6. The van der Waals surface area contributed by atoms with E-state index in [1.165, 1.54) is 5.56 Å². The van der Waals surface area contributed by atoms with E-state index in [1.54, 1.807) is 6.08 Å². The Balaban J connectivity index is 2.35. The molecule has 3 unspecified atom stereocenters. The van der Waals surface area contributed by atoms with Gasteiger partial charge in [-0.3, -0.25) is 4.79 Å². The van der Waals surface area contributed by atoms with Crippen LogP contribution in [0.3, 0.4) is 0 Å². The van der Waals surface area contributed by atoms with Gasteiger partial charge in [0, 0.05) is 5.56 Å². The highest BCUT2D eigenvalue weighted by atomic mass is 16.5. The van der Waals surface area contributed by atoms with Gasteiger partial charge in [0.05, 0.1) is 23.9 Å². The second-order valence-corrected chi connectivity index (χ2v) is 10.8. The zero-order chi connectivity index (χ0) is 28.6. The molecule has 0 aliphatic heterocycles. The van der Waals surface area contributed by atoms with Gasteiger partial charge >= 0.3 is 0 Å². The molecule has 0 aromatic heterocycles. The lowest BCUT2D eigenvalue weighted by Crippen LogP contribution is -2.15. The van der Waals surface area contributed by atoms with E-state index in [2.05, 4.69) is 60.6 Å². The molecule has 0 aliphatic rings. The number of carbonyl (C=O) groups is 1. The maximum atomic E-state index is 13.6. The van der Waals surface area contributed by atoms with Gasteiger partial charge in [-0.25, -0.2) is 0 Å². The molecular formula is C35H52O4. The first-order valence-corrected chi connectivity index (χ1v) is 15.3. The van der Waals surface area contributed by atoms with Crippen molar-refractivity contribution < 1.29 is 19.0 Å². The zero-order valence-electron chi connectivity index (χ0n) is 25.6. The maximum absolute atomic E-state index is 13.6. The molecule has 0 saturated heterocycles. The summed E-state index contributed by atoms with van der Waals surface area (Å²) in [5, 5.41) is 0. The summed E-state index contributed by atoms with van der Waals surface area (Å²) in [6, 6.07) is 11.9. The number of hydrogen-bond acceptors (Lipinski definition) is 4. The summed E-state index contributed by atoms with van der Waals surface area (Å²) in [6.07, 6.45) is 14.3. The van der Waals surface area contributed by atoms with Gasteiger partial charge in [-0.15, -0.1) is 0 Å². The largest absolute Gasteiger partial charge is 0.491 e. The normalized spacial score (nSPS) is 13.7. The number of allylic oxidation sites excluding steroid dienone is 1. The van der Waals surface area contributed by atoms with Crippen molar-refractivity contribution in [1.82, 2.24) is 0 Å². The lowest BCUT2D eigenvalue weighted by Gasteiger charge is -2.19. The topological polar surface area (TPSA) is 44.8 Å². The van der Waals surface area contributed by atoms with E-state index in [-0.39, 0.29) is 24.1 Å². The van der Waals surface area contributed by atoms with Gasteiger partial charge < -0.3 is 14.2 Å². The third-order valence-corrected chi connectivity index (χ3v) is 7.00. The van der Waals surface area contributed by atoms with Crippen molar-refractivity contribution in [2.24, 2.45) is 0 Å². The monoisotopic (exact) mass is 536 g/mol. The molecule has 0 heterocycles. The van der Waals surface area contributed by atoms with Crippen LogP contribution in [0.4, 0.5) is 0 Å². The molecule has 0 saturated carbocycles. The minimum absolute atomic E-state index is 0.0292. The molecule has 2 aromatic rings. The molecule has 216 valence electrons. The Morgan fingerprint density at radius 3 is 1.82 bits per heavy atom. The van der Waals surface area contributed by atoms with Gasteiger partial charge in [-0.05, 0) is 94.5 Å². The Hall–Kier alpha value is -2.75. The van der Waals surface area contributed by atoms with E-state index in [0.29, 0.717) is 17.1 Å². The number of hydrogen-bond donors (Lipinski definition) is 0. The summed E-state index contributed by atoms with van der Waals surface area (Å²) in [5.74, 6) is 2.01. The SMILES string of the molecule is CCCCC(C)Oc1ccc(OC(C)CCCC)c(C(=O)C=Cc2cc(CC)ccc2OC(C)CCCC)c1. The fourth-order valence-electron chi connectivity index (χ4n) is 4.51. The highest BCUT2D eigenvalue weighted by Crippen LogP contribution is 2.29. The summed E-state index contributed by atoms with van der Waals surface area (Å²) >= 11 is 0. The minimum atomic E-state index is -0.105. The number of benzene rings is 2. The number of carbonyl (C=O) groups excluding carboxylic acids is 1. The van der Waals surface area contributed by atoms with Crippen LogP contribution in [0.1, 0.15) is 128 Å². The molecule has 0 fully saturated rings.